The van der Waals surface area contributed by atoms with Gasteiger partial charge in [0.25, 0.3) is 0 Å². The lowest BCUT2D eigenvalue weighted by atomic mass is 10.2. The number of rotatable bonds is 1. The van der Waals surface area contributed by atoms with Gasteiger partial charge in [-0.3, -0.25) is 0 Å². The molecule has 0 aromatic heterocycles. The van der Waals surface area contributed by atoms with Gasteiger partial charge in [-0.05, 0) is 12.1 Å². The molecular weight excluding hydrogens is 216 g/mol. The highest BCUT2D eigenvalue weighted by molar-refractivity contribution is 6.66. The Morgan fingerprint density at radius 3 is 1.92 bits per heavy atom. The number of hydrogen-bond acceptors (Lipinski definition) is 1. The van der Waals surface area contributed by atoms with E-state index in [-0.39, 0.29) is 0 Å². The predicted octanol–water partition coefficient (Wildman–Crippen LogP) is 3.56. The van der Waals surface area contributed by atoms with Crippen LogP contribution in [0, 0.1) is 0 Å². The van der Waals surface area contributed by atoms with Gasteiger partial charge in [0, 0.05) is 18.3 Å². The smallest absolute Gasteiger partial charge is 0.216 e. The van der Waals surface area contributed by atoms with Crippen LogP contribution in [0.1, 0.15) is 5.56 Å². The fourth-order valence-electron chi connectivity index (χ4n) is 0.826. The van der Waals surface area contributed by atoms with E-state index in [4.69, 9.17) is 34.8 Å². The Bertz CT molecular complexity index is 250. The summed E-state index contributed by atoms with van der Waals surface area (Å²) in [5.74, 6) is 0. The normalized spacial score (nSPS) is 11.3. The second-order valence-electron chi connectivity index (χ2n) is 2.33. The van der Waals surface area contributed by atoms with Crippen LogP contribution in [0.15, 0.2) is 24.3 Å². The van der Waals surface area contributed by atoms with E-state index in [9.17, 15) is 0 Å². The van der Waals surface area contributed by atoms with Gasteiger partial charge in [0.1, 0.15) is 0 Å². The van der Waals surface area contributed by atoms with Gasteiger partial charge in [0.15, 0.2) is 0 Å². The van der Waals surface area contributed by atoms with Crippen LogP contribution in [-0.4, -0.2) is 7.05 Å². The standard InChI is InChI=1S/C8H8Cl3N/c1-12-7-4-2-6(3-5-7)8(9,10)11/h2-5,12H,1H3. The van der Waals surface area contributed by atoms with Crippen LogP contribution in [0.25, 0.3) is 0 Å². The van der Waals surface area contributed by atoms with Crippen molar-refractivity contribution in [3.8, 4) is 0 Å². The molecule has 0 spiro atoms. The topological polar surface area (TPSA) is 12.0 Å². The molecule has 0 unspecified atom stereocenters. The lowest BCUT2D eigenvalue weighted by Gasteiger charge is -2.11. The van der Waals surface area contributed by atoms with Crippen LogP contribution < -0.4 is 5.32 Å². The quantitative estimate of drug-likeness (QED) is 0.719. The highest BCUT2D eigenvalue weighted by Crippen LogP contribution is 2.38. The summed E-state index contributed by atoms with van der Waals surface area (Å²) in [6.45, 7) is 0. The lowest BCUT2D eigenvalue weighted by Crippen LogP contribution is -1.99. The van der Waals surface area contributed by atoms with Crippen LogP contribution in [-0.2, 0) is 3.79 Å². The Morgan fingerprint density at radius 2 is 1.58 bits per heavy atom. The molecule has 1 aromatic carbocycles. The van der Waals surface area contributed by atoms with E-state index in [1.165, 1.54) is 0 Å². The molecule has 0 aliphatic heterocycles. The average Bonchev–Trinajstić information content (AvgIpc) is 2.03. The molecule has 0 amide bonds. The number of halogens is 3. The largest absolute Gasteiger partial charge is 0.388 e. The molecule has 1 nitrogen and oxygen atoms in total. The molecular formula is C8H8Cl3N. The minimum absolute atomic E-state index is 0.673. The molecule has 0 saturated heterocycles. The van der Waals surface area contributed by atoms with Crippen molar-refractivity contribution >= 4 is 40.5 Å². The zero-order valence-corrected chi connectivity index (χ0v) is 8.71. The third-order valence-electron chi connectivity index (χ3n) is 1.50. The number of benzene rings is 1. The van der Waals surface area contributed by atoms with Crippen molar-refractivity contribution in [1.82, 2.24) is 0 Å². The van der Waals surface area contributed by atoms with Crippen molar-refractivity contribution < 1.29 is 0 Å². The summed E-state index contributed by atoms with van der Waals surface area (Å²) >= 11 is 17.0. The fourth-order valence-corrected chi connectivity index (χ4v) is 1.20. The third-order valence-corrected chi connectivity index (χ3v) is 2.16. The van der Waals surface area contributed by atoms with Crippen molar-refractivity contribution in [2.45, 2.75) is 3.79 Å². The fraction of sp³-hybridized carbons (Fsp3) is 0.250. The average molecular weight is 225 g/mol. The van der Waals surface area contributed by atoms with Crippen LogP contribution in [0.5, 0.6) is 0 Å². The number of anilines is 1. The number of alkyl halides is 3. The second-order valence-corrected chi connectivity index (χ2v) is 4.61. The first-order valence-electron chi connectivity index (χ1n) is 3.39. The molecule has 0 radical (unpaired) electrons. The maximum Gasteiger partial charge on any atom is 0.216 e. The maximum absolute atomic E-state index is 5.66. The number of nitrogens with one attached hydrogen (secondary N) is 1. The van der Waals surface area contributed by atoms with Crippen molar-refractivity contribution in [3.05, 3.63) is 29.8 Å². The van der Waals surface area contributed by atoms with E-state index in [0.29, 0.717) is 5.56 Å². The van der Waals surface area contributed by atoms with Gasteiger partial charge < -0.3 is 5.32 Å². The lowest BCUT2D eigenvalue weighted by molar-refractivity contribution is 1.24. The van der Waals surface area contributed by atoms with Gasteiger partial charge >= 0.3 is 0 Å². The van der Waals surface area contributed by atoms with Crippen LogP contribution >= 0.6 is 34.8 Å². The highest BCUT2D eigenvalue weighted by Gasteiger charge is 2.21. The van der Waals surface area contributed by atoms with Crippen molar-refractivity contribution in [1.29, 1.82) is 0 Å². The molecule has 0 bridgehead atoms. The predicted molar refractivity (Wildman–Crippen MR) is 55.2 cm³/mol. The van der Waals surface area contributed by atoms with E-state index in [1.807, 2.05) is 19.2 Å². The summed E-state index contributed by atoms with van der Waals surface area (Å²) in [5, 5.41) is 2.98. The van der Waals surface area contributed by atoms with Crippen molar-refractivity contribution in [2.75, 3.05) is 12.4 Å². The summed E-state index contributed by atoms with van der Waals surface area (Å²) in [7, 11) is 1.84. The van der Waals surface area contributed by atoms with Crippen LogP contribution in [0.3, 0.4) is 0 Å². The molecule has 66 valence electrons. The summed E-state index contributed by atoms with van der Waals surface area (Å²) in [6, 6.07) is 7.27. The molecule has 12 heavy (non-hydrogen) atoms. The second kappa shape index (κ2) is 3.73. The van der Waals surface area contributed by atoms with E-state index in [2.05, 4.69) is 5.32 Å². The van der Waals surface area contributed by atoms with Gasteiger partial charge in [-0.2, -0.15) is 0 Å². The first-order valence-corrected chi connectivity index (χ1v) is 4.52. The maximum atomic E-state index is 5.66. The van der Waals surface area contributed by atoms with Crippen LogP contribution in [0.2, 0.25) is 0 Å². The Hall–Kier alpha value is -0.110. The first-order chi connectivity index (χ1) is 5.54. The van der Waals surface area contributed by atoms with Gasteiger partial charge in [-0.1, -0.05) is 46.9 Å². The van der Waals surface area contributed by atoms with E-state index < -0.39 is 3.79 Å². The summed E-state index contributed by atoms with van der Waals surface area (Å²) < 4.78 is -1.33. The molecule has 4 heteroatoms. The van der Waals surface area contributed by atoms with Crippen molar-refractivity contribution in [3.63, 3.8) is 0 Å². The zero-order chi connectivity index (χ0) is 9.19. The molecule has 0 heterocycles. The van der Waals surface area contributed by atoms with Crippen LogP contribution in [0.4, 0.5) is 5.69 Å². The monoisotopic (exact) mass is 223 g/mol. The summed E-state index contributed by atoms with van der Waals surface area (Å²) in [5.41, 5.74) is 1.67. The van der Waals surface area contributed by atoms with E-state index in [0.717, 1.165) is 5.69 Å². The Labute approximate surface area is 86.6 Å². The summed E-state index contributed by atoms with van der Waals surface area (Å²) in [4.78, 5) is 0. The SMILES string of the molecule is CNc1ccc(C(Cl)(Cl)Cl)cc1. The molecule has 0 saturated carbocycles. The molecule has 0 atom stereocenters. The summed E-state index contributed by atoms with van der Waals surface area (Å²) in [6.07, 6.45) is 0. The highest BCUT2D eigenvalue weighted by atomic mass is 35.6. The Balaban J connectivity index is 2.93. The minimum atomic E-state index is -1.33. The molecule has 0 aliphatic carbocycles. The van der Waals surface area contributed by atoms with Gasteiger partial charge in [-0.25, -0.2) is 0 Å². The molecule has 0 fully saturated rings. The molecule has 1 rings (SSSR count). The molecule has 0 aliphatic rings. The van der Waals surface area contributed by atoms with Crippen molar-refractivity contribution in [2.24, 2.45) is 0 Å². The van der Waals surface area contributed by atoms with E-state index >= 15 is 0 Å². The third kappa shape index (κ3) is 2.44. The molecule has 1 aromatic rings. The Morgan fingerprint density at radius 1 is 1.08 bits per heavy atom. The Kier molecular flexibility index (Phi) is 3.10. The molecule has 1 N–H and O–H groups in total. The van der Waals surface area contributed by atoms with Gasteiger partial charge in [0.2, 0.25) is 3.79 Å². The number of hydrogen-bond donors (Lipinski definition) is 1. The van der Waals surface area contributed by atoms with Gasteiger partial charge in [0.05, 0.1) is 0 Å². The first kappa shape index (κ1) is 9.97. The van der Waals surface area contributed by atoms with E-state index in [1.54, 1.807) is 12.1 Å². The zero-order valence-electron chi connectivity index (χ0n) is 6.44. The minimum Gasteiger partial charge on any atom is -0.388 e. The van der Waals surface area contributed by atoms with Gasteiger partial charge in [-0.15, -0.1) is 0 Å².